The van der Waals surface area contributed by atoms with Crippen LogP contribution < -0.4 is 16.0 Å². The van der Waals surface area contributed by atoms with Gasteiger partial charge in [0.25, 0.3) is 11.8 Å². The molecule has 1 aromatic carbocycles. The third-order valence-corrected chi connectivity index (χ3v) is 3.39. The maximum atomic E-state index is 12.2. The minimum atomic E-state index is -0.497. The molecule has 2 amide bonds. The Bertz CT molecular complexity index is 558. The van der Waals surface area contributed by atoms with Crippen LogP contribution in [-0.2, 0) is 9.53 Å². The molecule has 6 nitrogen and oxygen atoms in total. The Labute approximate surface area is 142 Å². The Morgan fingerprint density at radius 3 is 2.70 bits per heavy atom. The number of anilines is 1. The molecule has 0 bridgehead atoms. The van der Waals surface area contributed by atoms with Gasteiger partial charge in [-0.2, -0.15) is 0 Å². The first kappa shape index (κ1) is 19.4. The van der Waals surface area contributed by atoms with Crippen molar-refractivity contribution in [3.05, 3.63) is 29.3 Å². The number of ether oxygens (including phenoxy) is 1. The smallest absolute Gasteiger partial charge is 0.254 e. The topological polar surface area (TPSA) is 79.5 Å². The highest BCUT2D eigenvalue weighted by atomic mass is 35.5. The maximum Gasteiger partial charge on any atom is 0.254 e. The number of hydrogen-bond donors (Lipinski definition) is 3. The first-order valence-corrected chi connectivity index (χ1v) is 7.52. The molecule has 3 N–H and O–H groups in total. The van der Waals surface area contributed by atoms with Gasteiger partial charge in [0, 0.05) is 30.4 Å². The van der Waals surface area contributed by atoms with Crippen LogP contribution >= 0.6 is 12.4 Å². The third-order valence-electron chi connectivity index (χ3n) is 3.39. The highest BCUT2D eigenvalue weighted by molar-refractivity contribution is 5.99. The highest BCUT2D eigenvalue weighted by Gasteiger charge is 2.22. The molecule has 1 heterocycles. The van der Waals surface area contributed by atoms with E-state index in [1.807, 2.05) is 26.8 Å². The Kier molecular flexibility index (Phi) is 7.48. The predicted octanol–water partition coefficient (Wildman–Crippen LogP) is 1.48. The van der Waals surface area contributed by atoms with Crippen LogP contribution in [0.4, 0.5) is 5.69 Å². The fourth-order valence-corrected chi connectivity index (χ4v) is 2.24. The van der Waals surface area contributed by atoms with Crippen LogP contribution in [0.25, 0.3) is 0 Å². The number of morpholine rings is 1. The van der Waals surface area contributed by atoms with E-state index in [9.17, 15) is 9.59 Å². The minimum absolute atomic E-state index is 0. The van der Waals surface area contributed by atoms with Gasteiger partial charge in [0.1, 0.15) is 6.10 Å². The Morgan fingerprint density at radius 1 is 1.35 bits per heavy atom. The van der Waals surface area contributed by atoms with Crippen molar-refractivity contribution in [1.82, 2.24) is 10.6 Å². The number of hydrogen-bond acceptors (Lipinski definition) is 4. The molecule has 2 rings (SSSR count). The summed E-state index contributed by atoms with van der Waals surface area (Å²) in [6, 6.07) is 5.37. The van der Waals surface area contributed by atoms with Crippen LogP contribution in [0, 0.1) is 6.92 Å². The molecule has 0 saturated carbocycles. The van der Waals surface area contributed by atoms with Crippen molar-refractivity contribution in [3.8, 4) is 0 Å². The lowest BCUT2D eigenvalue weighted by atomic mass is 10.1. The van der Waals surface area contributed by atoms with Crippen molar-refractivity contribution in [2.24, 2.45) is 0 Å². The molecule has 0 aliphatic carbocycles. The Morgan fingerprint density at radius 2 is 2.09 bits per heavy atom. The molecule has 1 saturated heterocycles. The van der Waals surface area contributed by atoms with Crippen molar-refractivity contribution in [2.45, 2.75) is 32.9 Å². The van der Waals surface area contributed by atoms with Crippen molar-refractivity contribution in [1.29, 1.82) is 0 Å². The van der Waals surface area contributed by atoms with Gasteiger partial charge in [-0.3, -0.25) is 9.59 Å². The van der Waals surface area contributed by atoms with Gasteiger partial charge in [-0.05, 0) is 38.5 Å². The summed E-state index contributed by atoms with van der Waals surface area (Å²) in [5.74, 6) is -0.342. The van der Waals surface area contributed by atoms with E-state index in [0.717, 1.165) is 12.1 Å². The van der Waals surface area contributed by atoms with E-state index in [0.29, 0.717) is 24.4 Å². The van der Waals surface area contributed by atoms with Gasteiger partial charge in [-0.25, -0.2) is 0 Å². The number of carbonyl (C=O) groups is 2. The van der Waals surface area contributed by atoms with Crippen LogP contribution in [0.1, 0.15) is 29.8 Å². The lowest BCUT2D eigenvalue weighted by Gasteiger charge is -2.23. The van der Waals surface area contributed by atoms with Crippen molar-refractivity contribution in [3.63, 3.8) is 0 Å². The van der Waals surface area contributed by atoms with Gasteiger partial charge < -0.3 is 20.7 Å². The maximum absolute atomic E-state index is 12.2. The molecule has 1 aliphatic rings. The monoisotopic (exact) mass is 341 g/mol. The zero-order valence-electron chi connectivity index (χ0n) is 13.6. The van der Waals surface area contributed by atoms with Gasteiger partial charge in [-0.1, -0.05) is 6.07 Å². The van der Waals surface area contributed by atoms with E-state index >= 15 is 0 Å². The minimum Gasteiger partial charge on any atom is -0.366 e. The highest BCUT2D eigenvalue weighted by Crippen LogP contribution is 2.16. The van der Waals surface area contributed by atoms with Gasteiger partial charge >= 0.3 is 0 Å². The van der Waals surface area contributed by atoms with Gasteiger partial charge in [0.2, 0.25) is 0 Å². The molecule has 7 heteroatoms. The molecule has 0 aromatic heterocycles. The zero-order chi connectivity index (χ0) is 16.1. The standard InChI is InChI=1S/C16H23N3O3.ClH/c1-10(2)18-15(20)13-8-12(5-4-11(13)3)19-16(21)14-9-17-6-7-22-14;/h4-5,8,10,14,17H,6-7,9H2,1-3H3,(H,18,20)(H,19,21);1H. The van der Waals surface area contributed by atoms with Crippen molar-refractivity contribution < 1.29 is 14.3 Å². The number of halogens is 1. The van der Waals surface area contributed by atoms with Crippen molar-refractivity contribution in [2.75, 3.05) is 25.0 Å². The summed E-state index contributed by atoms with van der Waals surface area (Å²) in [5, 5.41) is 8.77. The summed E-state index contributed by atoms with van der Waals surface area (Å²) in [5.41, 5.74) is 2.03. The molecular formula is C16H24ClN3O3. The second-order valence-electron chi connectivity index (χ2n) is 5.71. The Hall–Kier alpha value is -1.63. The van der Waals surface area contributed by atoms with Crippen molar-refractivity contribution >= 4 is 29.9 Å². The largest absolute Gasteiger partial charge is 0.366 e. The molecule has 0 spiro atoms. The number of amides is 2. The number of carbonyl (C=O) groups excluding carboxylic acids is 2. The summed E-state index contributed by atoms with van der Waals surface area (Å²) >= 11 is 0. The summed E-state index contributed by atoms with van der Waals surface area (Å²) in [6.07, 6.45) is -0.497. The summed E-state index contributed by atoms with van der Waals surface area (Å²) in [4.78, 5) is 24.3. The van der Waals surface area contributed by atoms with Gasteiger partial charge in [0.05, 0.1) is 6.61 Å². The van der Waals surface area contributed by atoms with Crippen LogP contribution in [0.2, 0.25) is 0 Å². The van der Waals surface area contributed by atoms with E-state index in [-0.39, 0.29) is 30.3 Å². The van der Waals surface area contributed by atoms with E-state index in [1.54, 1.807) is 12.1 Å². The quantitative estimate of drug-likeness (QED) is 0.775. The molecule has 1 atom stereocenters. The number of aryl methyl sites for hydroxylation is 1. The molecular weight excluding hydrogens is 318 g/mol. The average molecular weight is 342 g/mol. The van der Waals surface area contributed by atoms with E-state index in [2.05, 4.69) is 16.0 Å². The zero-order valence-corrected chi connectivity index (χ0v) is 14.5. The van der Waals surface area contributed by atoms with E-state index < -0.39 is 6.10 Å². The average Bonchev–Trinajstić information content (AvgIpc) is 2.49. The summed E-state index contributed by atoms with van der Waals surface area (Å²) in [6.45, 7) is 7.47. The third kappa shape index (κ3) is 5.49. The fraction of sp³-hybridized carbons (Fsp3) is 0.500. The van der Waals surface area contributed by atoms with Crippen LogP contribution in [0.15, 0.2) is 18.2 Å². The second kappa shape index (κ2) is 8.86. The lowest BCUT2D eigenvalue weighted by Crippen LogP contribution is -2.45. The molecule has 0 radical (unpaired) electrons. The number of benzene rings is 1. The first-order chi connectivity index (χ1) is 10.5. The van der Waals surface area contributed by atoms with E-state index in [4.69, 9.17) is 4.74 Å². The fourth-order valence-electron chi connectivity index (χ4n) is 2.24. The summed E-state index contributed by atoms with van der Waals surface area (Å²) in [7, 11) is 0. The second-order valence-corrected chi connectivity index (χ2v) is 5.71. The van der Waals surface area contributed by atoms with Gasteiger partial charge in [0.15, 0.2) is 0 Å². The van der Waals surface area contributed by atoms with Crippen LogP contribution in [-0.4, -0.2) is 43.7 Å². The first-order valence-electron chi connectivity index (χ1n) is 7.52. The number of rotatable bonds is 4. The van der Waals surface area contributed by atoms with Gasteiger partial charge in [-0.15, -0.1) is 12.4 Å². The molecule has 128 valence electrons. The molecule has 1 aliphatic heterocycles. The predicted molar refractivity (Wildman–Crippen MR) is 92.3 cm³/mol. The molecule has 1 unspecified atom stereocenters. The molecule has 1 aromatic rings. The number of nitrogens with one attached hydrogen (secondary N) is 3. The lowest BCUT2D eigenvalue weighted by molar-refractivity contribution is -0.128. The molecule has 1 fully saturated rings. The Balaban J connectivity index is 0.00000264. The van der Waals surface area contributed by atoms with Crippen LogP contribution in [0.3, 0.4) is 0 Å². The SMILES string of the molecule is Cc1ccc(NC(=O)C2CNCCO2)cc1C(=O)NC(C)C.Cl. The summed E-state index contributed by atoms with van der Waals surface area (Å²) < 4.78 is 5.41. The normalized spacial score (nSPS) is 17.3. The molecule has 23 heavy (non-hydrogen) atoms. The van der Waals surface area contributed by atoms with Crippen LogP contribution in [0.5, 0.6) is 0 Å². The van der Waals surface area contributed by atoms with E-state index in [1.165, 1.54) is 0 Å².